The summed E-state index contributed by atoms with van der Waals surface area (Å²) in [5.74, 6) is 0.665. The lowest BCUT2D eigenvalue weighted by Crippen LogP contribution is -2.13. The number of amides is 1. The average Bonchev–Trinajstić information content (AvgIpc) is 2.78. The number of rotatable bonds is 8. The first-order valence-electron chi connectivity index (χ1n) is 9.81. The minimum atomic E-state index is -0.484. The van der Waals surface area contributed by atoms with Crippen molar-refractivity contribution in [3.05, 3.63) is 91.5 Å². The SMILES string of the molecule is CCOc1cc(/C=C(/C#N)C(=O)Nc2cccc(Br)c2)ccc1OCc1ccc(I)cc1. The number of hydrogen-bond donors (Lipinski definition) is 1. The van der Waals surface area contributed by atoms with E-state index in [4.69, 9.17) is 9.47 Å². The molecule has 1 amide bonds. The molecule has 3 aromatic carbocycles. The molecule has 0 saturated heterocycles. The Morgan fingerprint density at radius 2 is 1.88 bits per heavy atom. The van der Waals surface area contributed by atoms with Crippen molar-refractivity contribution in [2.24, 2.45) is 0 Å². The van der Waals surface area contributed by atoms with Crippen molar-refractivity contribution in [1.29, 1.82) is 5.26 Å². The third kappa shape index (κ3) is 6.84. The zero-order chi connectivity index (χ0) is 22.9. The molecule has 1 N–H and O–H groups in total. The lowest BCUT2D eigenvalue weighted by Gasteiger charge is -2.13. The molecule has 0 bridgehead atoms. The van der Waals surface area contributed by atoms with Gasteiger partial charge in [-0.1, -0.05) is 40.2 Å². The van der Waals surface area contributed by atoms with Crippen molar-refractivity contribution in [1.82, 2.24) is 0 Å². The number of nitrogens with one attached hydrogen (secondary N) is 1. The molecule has 5 nitrogen and oxygen atoms in total. The minimum Gasteiger partial charge on any atom is -0.490 e. The fraction of sp³-hybridized carbons (Fsp3) is 0.120. The van der Waals surface area contributed by atoms with Crippen molar-refractivity contribution in [3.63, 3.8) is 0 Å². The van der Waals surface area contributed by atoms with Crippen LogP contribution in [-0.4, -0.2) is 12.5 Å². The average molecular weight is 603 g/mol. The molecule has 0 radical (unpaired) electrons. The molecule has 0 heterocycles. The third-order valence-corrected chi connectivity index (χ3v) is 5.55. The van der Waals surface area contributed by atoms with Gasteiger partial charge in [-0.05, 0) is 89.2 Å². The van der Waals surface area contributed by atoms with E-state index in [0.717, 1.165) is 13.6 Å². The maximum atomic E-state index is 12.5. The fourth-order valence-corrected chi connectivity index (χ4v) is 3.58. The molecule has 0 spiro atoms. The molecule has 0 atom stereocenters. The van der Waals surface area contributed by atoms with Crippen LogP contribution in [0.25, 0.3) is 6.08 Å². The summed E-state index contributed by atoms with van der Waals surface area (Å²) in [4.78, 5) is 12.5. The van der Waals surface area contributed by atoms with Crippen LogP contribution >= 0.6 is 38.5 Å². The second kappa shape index (κ2) is 11.7. The Kier molecular flexibility index (Phi) is 8.71. The van der Waals surface area contributed by atoms with Crippen LogP contribution in [0, 0.1) is 14.9 Å². The largest absolute Gasteiger partial charge is 0.490 e. The number of nitriles is 1. The van der Waals surface area contributed by atoms with E-state index in [1.165, 1.54) is 6.08 Å². The second-order valence-electron chi connectivity index (χ2n) is 6.69. The van der Waals surface area contributed by atoms with E-state index in [0.29, 0.717) is 36.0 Å². The minimum absolute atomic E-state index is 0.0139. The normalized spacial score (nSPS) is 10.9. The van der Waals surface area contributed by atoms with E-state index in [1.54, 1.807) is 36.4 Å². The number of hydrogen-bond acceptors (Lipinski definition) is 4. The van der Waals surface area contributed by atoms with E-state index in [2.05, 4.69) is 43.8 Å². The van der Waals surface area contributed by atoms with Crippen molar-refractivity contribution in [3.8, 4) is 17.6 Å². The molecule has 0 fully saturated rings. The quantitative estimate of drug-likeness (QED) is 0.180. The first kappa shape index (κ1) is 23.8. The predicted octanol–water partition coefficient (Wildman–Crippen LogP) is 6.58. The topological polar surface area (TPSA) is 71.3 Å². The summed E-state index contributed by atoms with van der Waals surface area (Å²) < 4.78 is 13.7. The molecule has 7 heteroatoms. The van der Waals surface area contributed by atoms with E-state index in [-0.39, 0.29) is 5.57 Å². The van der Waals surface area contributed by atoms with Crippen molar-refractivity contribution >= 4 is 56.2 Å². The maximum absolute atomic E-state index is 12.5. The van der Waals surface area contributed by atoms with Crippen LogP contribution in [0.3, 0.4) is 0 Å². The molecule has 3 rings (SSSR count). The first-order valence-corrected chi connectivity index (χ1v) is 11.7. The second-order valence-corrected chi connectivity index (χ2v) is 8.85. The van der Waals surface area contributed by atoms with Gasteiger partial charge in [0.2, 0.25) is 0 Å². The van der Waals surface area contributed by atoms with E-state index >= 15 is 0 Å². The van der Waals surface area contributed by atoms with E-state index in [1.807, 2.05) is 43.3 Å². The summed E-state index contributed by atoms with van der Waals surface area (Å²) >= 11 is 5.62. The lowest BCUT2D eigenvalue weighted by atomic mass is 10.1. The van der Waals surface area contributed by atoms with Gasteiger partial charge in [0.05, 0.1) is 6.61 Å². The Hall–Kier alpha value is -2.83. The first-order chi connectivity index (χ1) is 15.5. The van der Waals surface area contributed by atoms with Gasteiger partial charge in [0, 0.05) is 13.7 Å². The number of carbonyl (C=O) groups excluding carboxylic acids is 1. The zero-order valence-corrected chi connectivity index (χ0v) is 21.0. The molecule has 3 aromatic rings. The monoisotopic (exact) mass is 602 g/mol. The van der Waals surface area contributed by atoms with Gasteiger partial charge in [-0.25, -0.2) is 0 Å². The molecule has 0 aliphatic rings. The Labute approximate surface area is 209 Å². The van der Waals surface area contributed by atoms with Gasteiger partial charge < -0.3 is 14.8 Å². The van der Waals surface area contributed by atoms with Crippen LogP contribution in [0.2, 0.25) is 0 Å². The maximum Gasteiger partial charge on any atom is 0.266 e. The number of benzene rings is 3. The Morgan fingerprint density at radius 1 is 1.09 bits per heavy atom. The Balaban J connectivity index is 1.77. The number of halogens is 2. The number of anilines is 1. The molecule has 162 valence electrons. The smallest absolute Gasteiger partial charge is 0.266 e. The summed E-state index contributed by atoms with van der Waals surface area (Å²) in [6.45, 7) is 2.75. The van der Waals surface area contributed by atoms with Gasteiger partial charge in [-0.3, -0.25) is 4.79 Å². The molecule has 0 aliphatic carbocycles. The highest BCUT2D eigenvalue weighted by Gasteiger charge is 2.12. The lowest BCUT2D eigenvalue weighted by molar-refractivity contribution is -0.112. The fourth-order valence-electron chi connectivity index (χ4n) is 2.82. The van der Waals surface area contributed by atoms with E-state index in [9.17, 15) is 10.1 Å². The van der Waals surface area contributed by atoms with Gasteiger partial charge in [-0.15, -0.1) is 0 Å². The van der Waals surface area contributed by atoms with Crippen LogP contribution < -0.4 is 14.8 Å². The van der Waals surface area contributed by atoms with Gasteiger partial charge in [0.15, 0.2) is 11.5 Å². The number of nitrogens with zero attached hydrogens (tertiary/aromatic N) is 1. The third-order valence-electron chi connectivity index (χ3n) is 4.33. The Bertz CT molecular complexity index is 1170. The van der Waals surface area contributed by atoms with Crippen molar-refractivity contribution in [2.75, 3.05) is 11.9 Å². The van der Waals surface area contributed by atoms with Gasteiger partial charge in [0.1, 0.15) is 18.2 Å². The molecule has 0 aromatic heterocycles. The van der Waals surface area contributed by atoms with E-state index < -0.39 is 5.91 Å². The van der Waals surface area contributed by atoms with Crippen LogP contribution in [0.15, 0.2) is 76.8 Å². The molecule has 0 unspecified atom stereocenters. The zero-order valence-electron chi connectivity index (χ0n) is 17.3. The highest BCUT2D eigenvalue weighted by atomic mass is 127. The van der Waals surface area contributed by atoms with Crippen LogP contribution in [0.5, 0.6) is 11.5 Å². The molecule has 0 saturated carbocycles. The number of carbonyl (C=O) groups is 1. The van der Waals surface area contributed by atoms with Gasteiger partial charge in [0.25, 0.3) is 5.91 Å². The van der Waals surface area contributed by atoms with Crippen molar-refractivity contribution in [2.45, 2.75) is 13.5 Å². The summed E-state index contributed by atoms with van der Waals surface area (Å²) in [7, 11) is 0. The Morgan fingerprint density at radius 3 is 2.56 bits per heavy atom. The molecular formula is C25H20BrIN2O3. The molecule has 0 aliphatic heterocycles. The van der Waals surface area contributed by atoms with Crippen LogP contribution in [0.1, 0.15) is 18.1 Å². The molecular weight excluding hydrogens is 583 g/mol. The van der Waals surface area contributed by atoms with Crippen LogP contribution in [0.4, 0.5) is 5.69 Å². The van der Waals surface area contributed by atoms with Gasteiger partial charge in [-0.2, -0.15) is 5.26 Å². The van der Waals surface area contributed by atoms with Gasteiger partial charge >= 0.3 is 0 Å². The standard InChI is InChI=1S/C25H20BrIN2O3/c1-2-31-24-13-18(8-11-23(24)32-16-17-6-9-21(27)10-7-17)12-19(15-28)25(30)29-22-5-3-4-20(26)14-22/h3-14H,2,16H2,1H3,(H,29,30)/b19-12-. The summed E-state index contributed by atoms with van der Waals surface area (Å²) in [6.07, 6.45) is 1.53. The highest BCUT2D eigenvalue weighted by Crippen LogP contribution is 2.30. The van der Waals surface area contributed by atoms with Crippen molar-refractivity contribution < 1.29 is 14.3 Å². The molecule has 32 heavy (non-hydrogen) atoms. The van der Waals surface area contributed by atoms with Crippen LogP contribution in [-0.2, 0) is 11.4 Å². The predicted molar refractivity (Wildman–Crippen MR) is 137 cm³/mol. The summed E-state index contributed by atoms with van der Waals surface area (Å²) in [5, 5.41) is 12.2. The number of ether oxygens (including phenoxy) is 2. The highest BCUT2D eigenvalue weighted by molar-refractivity contribution is 14.1. The summed E-state index contributed by atoms with van der Waals surface area (Å²) in [6, 6.07) is 22.6. The summed E-state index contributed by atoms with van der Waals surface area (Å²) in [5.41, 5.74) is 2.30.